The number of fused-ring (bicyclic) bond motifs is 1. The molecule has 1 unspecified atom stereocenters. The van der Waals surface area contributed by atoms with Crippen molar-refractivity contribution in [1.29, 1.82) is 0 Å². The third-order valence-electron chi connectivity index (χ3n) is 4.83. The van der Waals surface area contributed by atoms with E-state index >= 15 is 0 Å². The average Bonchev–Trinajstić information content (AvgIpc) is 2.81. The summed E-state index contributed by atoms with van der Waals surface area (Å²) in [5.74, 6) is 0.622. The van der Waals surface area contributed by atoms with Crippen molar-refractivity contribution in [2.24, 2.45) is 5.73 Å². The van der Waals surface area contributed by atoms with Gasteiger partial charge in [-0.15, -0.1) is 0 Å². The SMILES string of the molecule is CCOCC(Cc1ccc(OCCOC(N)=O)cc1)Nc1c([N+](=O)[O-])cnc2ccccc12. The number of amides is 1. The van der Waals surface area contributed by atoms with E-state index in [1.165, 1.54) is 6.20 Å². The van der Waals surface area contributed by atoms with Crippen LogP contribution in [0.3, 0.4) is 0 Å². The van der Waals surface area contributed by atoms with Crippen LogP contribution in [-0.2, 0) is 15.9 Å². The maximum atomic E-state index is 11.6. The number of benzene rings is 2. The lowest BCUT2D eigenvalue weighted by molar-refractivity contribution is -0.384. The number of primary amides is 1. The number of nitrogens with two attached hydrogens (primary N) is 1. The summed E-state index contributed by atoms with van der Waals surface area (Å²) in [6.45, 7) is 3.05. The highest BCUT2D eigenvalue weighted by Crippen LogP contribution is 2.32. The number of nitrogens with zero attached hydrogens (tertiary/aromatic N) is 2. The van der Waals surface area contributed by atoms with Gasteiger partial charge in [0.15, 0.2) is 0 Å². The van der Waals surface area contributed by atoms with E-state index in [-0.39, 0.29) is 24.9 Å². The van der Waals surface area contributed by atoms with E-state index in [1.807, 2.05) is 55.5 Å². The van der Waals surface area contributed by atoms with E-state index in [9.17, 15) is 14.9 Å². The first-order valence-corrected chi connectivity index (χ1v) is 10.5. The summed E-state index contributed by atoms with van der Waals surface area (Å²) in [6.07, 6.45) is 0.999. The molecular formula is C23H26N4O6. The number of hydrogen-bond acceptors (Lipinski definition) is 8. The number of nitrogens with one attached hydrogen (secondary N) is 1. The molecule has 10 nitrogen and oxygen atoms in total. The average molecular weight is 454 g/mol. The number of carbonyl (C=O) groups is 1. The number of nitro groups is 1. The van der Waals surface area contributed by atoms with Gasteiger partial charge >= 0.3 is 11.8 Å². The Kier molecular flexibility index (Phi) is 8.36. The number of aromatic nitrogens is 1. The summed E-state index contributed by atoms with van der Waals surface area (Å²) >= 11 is 0. The van der Waals surface area contributed by atoms with Crippen LogP contribution in [-0.4, -0.2) is 48.5 Å². The van der Waals surface area contributed by atoms with Crippen molar-refractivity contribution in [2.75, 3.05) is 31.7 Å². The van der Waals surface area contributed by atoms with Crippen LogP contribution < -0.4 is 15.8 Å². The molecule has 33 heavy (non-hydrogen) atoms. The molecule has 1 atom stereocenters. The van der Waals surface area contributed by atoms with Gasteiger partial charge in [-0.05, 0) is 37.1 Å². The lowest BCUT2D eigenvalue weighted by Crippen LogP contribution is -2.28. The topological polar surface area (TPSA) is 139 Å². The molecule has 0 saturated heterocycles. The van der Waals surface area contributed by atoms with Gasteiger partial charge in [-0.3, -0.25) is 10.1 Å². The minimum absolute atomic E-state index is 0.0656. The molecule has 1 aromatic heterocycles. The van der Waals surface area contributed by atoms with Crippen LogP contribution in [0.1, 0.15) is 12.5 Å². The van der Waals surface area contributed by atoms with Crippen LogP contribution in [0.5, 0.6) is 5.75 Å². The molecule has 0 saturated carbocycles. The van der Waals surface area contributed by atoms with E-state index in [2.05, 4.69) is 15.0 Å². The smallest absolute Gasteiger partial charge is 0.404 e. The number of rotatable bonds is 12. The third kappa shape index (κ3) is 6.78. The summed E-state index contributed by atoms with van der Waals surface area (Å²) in [4.78, 5) is 26.0. The van der Waals surface area contributed by atoms with Crippen LogP contribution >= 0.6 is 0 Å². The maximum absolute atomic E-state index is 11.6. The quantitative estimate of drug-likeness (QED) is 0.240. The normalized spacial score (nSPS) is 11.7. The van der Waals surface area contributed by atoms with Gasteiger partial charge in [-0.1, -0.05) is 30.3 Å². The number of para-hydroxylation sites is 1. The van der Waals surface area contributed by atoms with Crippen LogP contribution in [0, 0.1) is 10.1 Å². The third-order valence-corrected chi connectivity index (χ3v) is 4.83. The Morgan fingerprint density at radius 1 is 1.18 bits per heavy atom. The summed E-state index contributed by atoms with van der Waals surface area (Å²) in [6, 6.07) is 14.5. The number of hydrogen-bond donors (Lipinski definition) is 2. The summed E-state index contributed by atoms with van der Waals surface area (Å²) in [5, 5.41) is 15.6. The van der Waals surface area contributed by atoms with Crippen molar-refractivity contribution >= 4 is 28.4 Å². The van der Waals surface area contributed by atoms with Crippen LogP contribution in [0.4, 0.5) is 16.2 Å². The monoisotopic (exact) mass is 454 g/mol. The van der Waals surface area contributed by atoms with Crippen molar-refractivity contribution in [1.82, 2.24) is 4.98 Å². The molecule has 10 heteroatoms. The summed E-state index contributed by atoms with van der Waals surface area (Å²) < 4.78 is 15.8. The van der Waals surface area contributed by atoms with E-state index in [1.54, 1.807) is 0 Å². The maximum Gasteiger partial charge on any atom is 0.404 e. The van der Waals surface area contributed by atoms with Gasteiger partial charge in [0.2, 0.25) is 0 Å². The highest BCUT2D eigenvalue weighted by molar-refractivity contribution is 5.95. The summed E-state index contributed by atoms with van der Waals surface area (Å²) in [7, 11) is 0. The van der Waals surface area contributed by atoms with Gasteiger partial charge in [0.05, 0.1) is 23.1 Å². The van der Waals surface area contributed by atoms with Gasteiger partial charge in [-0.2, -0.15) is 0 Å². The molecule has 3 aromatic rings. The molecule has 174 valence electrons. The molecule has 3 N–H and O–H groups in total. The van der Waals surface area contributed by atoms with Gasteiger partial charge in [0.1, 0.15) is 30.8 Å². The molecule has 0 radical (unpaired) electrons. The highest BCUT2D eigenvalue weighted by Gasteiger charge is 2.21. The number of anilines is 1. The van der Waals surface area contributed by atoms with Crippen molar-refractivity contribution in [3.63, 3.8) is 0 Å². The summed E-state index contributed by atoms with van der Waals surface area (Å²) in [5.41, 5.74) is 6.91. The first kappa shape index (κ1) is 23.7. The Balaban J connectivity index is 1.75. The Morgan fingerprint density at radius 3 is 2.64 bits per heavy atom. The van der Waals surface area contributed by atoms with Crippen molar-refractivity contribution in [3.8, 4) is 5.75 Å². The lowest BCUT2D eigenvalue weighted by atomic mass is 10.0. The predicted molar refractivity (Wildman–Crippen MR) is 123 cm³/mol. The molecule has 0 aliphatic carbocycles. The standard InChI is InChI=1S/C23H26N4O6/c1-2-31-15-17(13-16-7-9-18(10-8-16)32-11-12-33-23(24)28)26-22-19-5-3-4-6-20(19)25-14-21(22)27(29)30/h3-10,14,17H,2,11-13,15H2,1H3,(H2,24,28)(H,25,26). The van der Waals surface area contributed by atoms with Crippen molar-refractivity contribution in [2.45, 2.75) is 19.4 Å². The first-order valence-electron chi connectivity index (χ1n) is 10.5. The second kappa shape index (κ2) is 11.6. The zero-order valence-electron chi connectivity index (χ0n) is 18.2. The van der Waals surface area contributed by atoms with Crippen LogP contribution in [0.15, 0.2) is 54.7 Å². The molecule has 0 aliphatic heterocycles. The second-order valence-corrected chi connectivity index (χ2v) is 7.16. The number of carbonyl (C=O) groups excluding carboxylic acids is 1. The van der Waals surface area contributed by atoms with E-state index < -0.39 is 11.0 Å². The molecule has 1 amide bonds. The molecule has 0 aliphatic rings. The molecule has 3 rings (SSSR count). The fraction of sp³-hybridized carbons (Fsp3) is 0.304. The Bertz CT molecular complexity index is 1090. The Labute approximate surface area is 190 Å². The molecule has 0 fully saturated rings. The molecular weight excluding hydrogens is 428 g/mol. The molecule has 1 heterocycles. The second-order valence-electron chi connectivity index (χ2n) is 7.16. The fourth-order valence-corrected chi connectivity index (χ4v) is 3.34. The molecule has 0 bridgehead atoms. The van der Waals surface area contributed by atoms with Gasteiger partial charge in [0.25, 0.3) is 0 Å². The fourth-order valence-electron chi connectivity index (χ4n) is 3.34. The Hall–Kier alpha value is -3.92. The molecule has 2 aromatic carbocycles. The van der Waals surface area contributed by atoms with Crippen molar-refractivity contribution < 1.29 is 23.9 Å². The molecule has 0 spiro atoms. The zero-order valence-corrected chi connectivity index (χ0v) is 18.2. The van der Waals surface area contributed by atoms with E-state index in [0.29, 0.717) is 42.0 Å². The first-order chi connectivity index (χ1) is 16.0. The number of pyridine rings is 1. The van der Waals surface area contributed by atoms with Gasteiger partial charge < -0.3 is 25.3 Å². The minimum Gasteiger partial charge on any atom is -0.490 e. The van der Waals surface area contributed by atoms with E-state index in [4.69, 9.17) is 15.2 Å². The minimum atomic E-state index is -0.844. The van der Waals surface area contributed by atoms with Gasteiger partial charge in [-0.25, -0.2) is 9.78 Å². The van der Waals surface area contributed by atoms with Crippen LogP contribution in [0.25, 0.3) is 10.9 Å². The lowest BCUT2D eigenvalue weighted by Gasteiger charge is -2.21. The van der Waals surface area contributed by atoms with Gasteiger partial charge in [0, 0.05) is 12.0 Å². The largest absolute Gasteiger partial charge is 0.490 e. The van der Waals surface area contributed by atoms with Crippen molar-refractivity contribution in [3.05, 3.63) is 70.4 Å². The highest BCUT2D eigenvalue weighted by atomic mass is 16.6. The number of ether oxygens (including phenoxy) is 3. The Morgan fingerprint density at radius 2 is 1.94 bits per heavy atom. The predicted octanol–water partition coefficient (Wildman–Crippen LogP) is 3.68. The zero-order chi connectivity index (χ0) is 23.6. The van der Waals surface area contributed by atoms with E-state index in [0.717, 1.165) is 5.56 Å². The van der Waals surface area contributed by atoms with Crippen LogP contribution in [0.2, 0.25) is 0 Å².